The first-order chi connectivity index (χ1) is 15.9. The van der Waals surface area contributed by atoms with E-state index in [1.165, 1.54) is 18.0 Å². The van der Waals surface area contributed by atoms with Crippen LogP contribution in [0.25, 0.3) is 0 Å². The van der Waals surface area contributed by atoms with E-state index in [0.717, 1.165) is 0 Å². The van der Waals surface area contributed by atoms with Gasteiger partial charge in [0.05, 0.1) is 5.56 Å². The van der Waals surface area contributed by atoms with Crippen LogP contribution < -0.4 is 20.1 Å². The van der Waals surface area contributed by atoms with Crippen LogP contribution in [0.4, 0.5) is 0 Å². The molecule has 4 amide bonds. The molecule has 2 aliphatic heterocycles. The Morgan fingerprint density at radius 1 is 1.18 bits per heavy atom. The number of amides is 4. The third kappa shape index (κ3) is 4.40. The van der Waals surface area contributed by atoms with Gasteiger partial charge in [0, 0.05) is 31.1 Å². The van der Waals surface area contributed by atoms with E-state index in [1.54, 1.807) is 30.3 Å². The zero-order chi connectivity index (χ0) is 23.5. The maximum Gasteiger partial charge on any atom is 0.255 e. The smallest absolute Gasteiger partial charge is 0.255 e. The molecular formula is C23H21N3O7. The number of carbonyl (C=O) groups is 5. The van der Waals surface area contributed by atoms with Gasteiger partial charge in [-0.15, -0.1) is 0 Å². The molecule has 0 aromatic heterocycles. The Balaban J connectivity index is 1.49. The Hall–Kier alpha value is -4.21. The minimum absolute atomic E-state index is 0.00456. The minimum atomic E-state index is -0.816. The fraction of sp³-hybridized carbons (Fsp3) is 0.261. The van der Waals surface area contributed by atoms with Gasteiger partial charge in [-0.2, -0.15) is 0 Å². The van der Waals surface area contributed by atoms with Gasteiger partial charge >= 0.3 is 0 Å². The molecule has 170 valence electrons. The number of carbonyl (C=O) groups excluding carboxylic acids is 5. The lowest BCUT2D eigenvalue weighted by Crippen LogP contribution is -2.53. The molecule has 2 N–H and O–H groups in total. The van der Waals surface area contributed by atoms with E-state index in [9.17, 15) is 24.0 Å². The second kappa shape index (κ2) is 9.11. The van der Waals surface area contributed by atoms with Crippen LogP contribution >= 0.6 is 0 Å². The fourth-order valence-electron chi connectivity index (χ4n) is 3.79. The molecule has 0 spiro atoms. The first-order valence-electron chi connectivity index (χ1n) is 10.2. The van der Waals surface area contributed by atoms with Crippen LogP contribution in [0.2, 0.25) is 0 Å². The Kier molecular flexibility index (Phi) is 6.07. The molecule has 0 bridgehead atoms. The second-order valence-electron chi connectivity index (χ2n) is 7.63. The maximum atomic E-state index is 13.1. The lowest BCUT2D eigenvalue weighted by Gasteiger charge is -2.30. The normalized spacial score (nSPS) is 16.7. The third-order valence-corrected chi connectivity index (χ3v) is 5.62. The van der Waals surface area contributed by atoms with Gasteiger partial charge in [-0.05, 0) is 36.2 Å². The number of imide groups is 1. The highest BCUT2D eigenvalue weighted by Gasteiger charge is 2.33. The first-order valence-corrected chi connectivity index (χ1v) is 10.2. The number of nitrogens with zero attached hydrogens (tertiary/aromatic N) is 1. The second-order valence-corrected chi connectivity index (χ2v) is 7.63. The molecule has 2 aromatic carbocycles. The molecule has 2 heterocycles. The molecule has 0 saturated carbocycles. The van der Waals surface area contributed by atoms with Gasteiger partial charge in [-0.25, -0.2) is 0 Å². The molecule has 10 nitrogen and oxygen atoms in total. The summed E-state index contributed by atoms with van der Waals surface area (Å²) >= 11 is 0. The van der Waals surface area contributed by atoms with Gasteiger partial charge in [0.1, 0.15) is 6.04 Å². The van der Waals surface area contributed by atoms with E-state index in [2.05, 4.69) is 10.6 Å². The van der Waals surface area contributed by atoms with Crippen LogP contribution in [-0.2, 0) is 16.1 Å². The average Bonchev–Trinajstić information content (AvgIpc) is 3.29. The fourth-order valence-corrected chi connectivity index (χ4v) is 3.79. The summed E-state index contributed by atoms with van der Waals surface area (Å²) in [6.07, 6.45) is 0.878. The van der Waals surface area contributed by atoms with Gasteiger partial charge in [0.15, 0.2) is 17.8 Å². The van der Waals surface area contributed by atoms with Crippen molar-refractivity contribution in [3.05, 3.63) is 58.7 Å². The summed E-state index contributed by atoms with van der Waals surface area (Å²) in [5, 5.41) is 4.95. The number of fused-ring (bicyclic) bond motifs is 1. The topological polar surface area (TPSA) is 131 Å². The Labute approximate surface area is 188 Å². The number of nitrogens with one attached hydrogen (secondary N) is 2. The monoisotopic (exact) mass is 451 g/mol. The first kappa shape index (κ1) is 22.0. The van der Waals surface area contributed by atoms with Crippen LogP contribution in [0.3, 0.4) is 0 Å². The van der Waals surface area contributed by atoms with E-state index in [-0.39, 0.29) is 49.1 Å². The number of hydrogen-bond acceptors (Lipinski definition) is 7. The summed E-state index contributed by atoms with van der Waals surface area (Å²) in [5.74, 6) is -0.827. The molecular weight excluding hydrogens is 430 g/mol. The van der Waals surface area contributed by atoms with Crippen molar-refractivity contribution in [1.82, 2.24) is 15.5 Å². The standard InChI is InChI=1S/C23H21N3O7/c1-26(17-6-8-20(28)25-22(17)30)23(31)15-4-2-3-14(16(15)11-27)10-24-21(29)13-5-7-18-19(9-13)33-12-32-18/h2-5,7,9,11,17H,6,8,10,12H2,1H3,(H,24,29)(H,25,28,30). The number of aldehydes is 1. The predicted molar refractivity (Wildman–Crippen MR) is 114 cm³/mol. The SMILES string of the molecule is CN(C(=O)c1cccc(CNC(=O)c2ccc3c(c2)OCO3)c1C=O)C1CCC(=O)NC1=O. The summed E-state index contributed by atoms with van der Waals surface area (Å²) in [6, 6.07) is 8.69. The van der Waals surface area contributed by atoms with Crippen LogP contribution in [0.15, 0.2) is 36.4 Å². The lowest BCUT2D eigenvalue weighted by molar-refractivity contribution is -0.136. The molecule has 4 rings (SSSR count). The van der Waals surface area contributed by atoms with Crippen molar-refractivity contribution in [3.8, 4) is 11.5 Å². The van der Waals surface area contributed by atoms with Crippen molar-refractivity contribution < 1.29 is 33.4 Å². The van der Waals surface area contributed by atoms with E-state index in [4.69, 9.17) is 9.47 Å². The van der Waals surface area contributed by atoms with Crippen molar-refractivity contribution in [2.75, 3.05) is 13.8 Å². The zero-order valence-corrected chi connectivity index (χ0v) is 17.8. The number of hydrogen-bond donors (Lipinski definition) is 2. The summed E-state index contributed by atoms with van der Waals surface area (Å²) in [4.78, 5) is 62.2. The molecule has 1 atom stereocenters. The van der Waals surface area contributed by atoms with E-state index in [0.29, 0.717) is 28.9 Å². The van der Waals surface area contributed by atoms with Gasteiger partial charge in [-0.3, -0.25) is 29.3 Å². The molecule has 1 fully saturated rings. The Morgan fingerprint density at radius 3 is 2.73 bits per heavy atom. The van der Waals surface area contributed by atoms with Crippen LogP contribution in [-0.4, -0.2) is 54.7 Å². The Bertz CT molecular complexity index is 1160. The molecule has 1 saturated heterocycles. The largest absolute Gasteiger partial charge is 0.454 e. The predicted octanol–water partition coefficient (Wildman–Crippen LogP) is 1.03. The highest BCUT2D eigenvalue weighted by Crippen LogP contribution is 2.32. The lowest BCUT2D eigenvalue weighted by atomic mass is 9.98. The molecule has 33 heavy (non-hydrogen) atoms. The number of likely N-dealkylation sites (N-methyl/N-ethyl adjacent to an activating group) is 1. The molecule has 2 aromatic rings. The minimum Gasteiger partial charge on any atom is -0.454 e. The highest BCUT2D eigenvalue weighted by atomic mass is 16.7. The van der Waals surface area contributed by atoms with Crippen molar-refractivity contribution >= 4 is 29.9 Å². The average molecular weight is 451 g/mol. The Morgan fingerprint density at radius 2 is 1.97 bits per heavy atom. The van der Waals surface area contributed by atoms with Crippen molar-refractivity contribution in [2.45, 2.75) is 25.4 Å². The molecule has 2 aliphatic rings. The third-order valence-electron chi connectivity index (χ3n) is 5.62. The summed E-state index contributed by atoms with van der Waals surface area (Å²) in [7, 11) is 1.45. The van der Waals surface area contributed by atoms with Gasteiger partial charge in [0.2, 0.25) is 18.6 Å². The quantitative estimate of drug-likeness (QED) is 0.495. The summed E-state index contributed by atoms with van der Waals surface area (Å²) in [6.45, 7) is 0.0990. The zero-order valence-electron chi connectivity index (χ0n) is 17.8. The number of piperidine rings is 1. The summed E-state index contributed by atoms with van der Waals surface area (Å²) in [5.41, 5.74) is 1.03. The van der Waals surface area contributed by atoms with E-state index in [1.807, 2.05) is 0 Å². The number of ether oxygens (including phenoxy) is 2. The maximum absolute atomic E-state index is 13.1. The number of benzene rings is 2. The molecule has 0 aliphatic carbocycles. The van der Waals surface area contributed by atoms with Gasteiger partial charge in [0.25, 0.3) is 11.8 Å². The number of rotatable bonds is 6. The van der Waals surface area contributed by atoms with Crippen LogP contribution in [0.1, 0.15) is 49.5 Å². The van der Waals surface area contributed by atoms with Crippen molar-refractivity contribution in [2.24, 2.45) is 0 Å². The van der Waals surface area contributed by atoms with Gasteiger partial charge < -0.3 is 19.7 Å². The van der Waals surface area contributed by atoms with Crippen LogP contribution in [0, 0.1) is 0 Å². The van der Waals surface area contributed by atoms with E-state index >= 15 is 0 Å². The van der Waals surface area contributed by atoms with Crippen molar-refractivity contribution in [3.63, 3.8) is 0 Å². The van der Waals surface area contributed by atoms with Gasteiger partial charge in [-0.1, -0.05) is 12.1 Å². The highest BCUT2D eigenvalue weighted by molar-refractivity contribution is 6.06. The molecule has 10 heteroatoms. The molecule has 1 unspecified atom stereocenters. The van der Waals surface area contributed by atoms with E-state index < -0.39 is 17.9 Å². The molecule has 0 radical (unpaired) electrons. The summed E-state index contributed by atoms with van der Waals surface area (Å²) < 4.78 is 10.5. The van der Waals surface area contributed by atoms with Crippen LogP contribution in [0.5, 0.6) is 11.5 Å². The van der Waals surface area contributed by atoms with Crippen molar-refractivity contribution in [1.29, 1.82) is 0 Å².